The average molecular weight is 363 g/mol. The van der Waals surface area contributed by atoms with Crippen molar-refractivity contribution in [2.24, 2.45) is 0 Å². The van der Waals surface area contributed by atoms with Gasteiger partial charge in [-0.05, 0) is 24.3 Å². The molecule has 26 heavy (non-hydrogen) atoms. The van der Waals surface area contributed by atoms with E-state index < -0.39 is 0 Å². The van der Waals surface area contributed by atoms with E-state index >= 15 is 0 Å². The lowest BCUT2D eigenvalue weighted by Gasteiger charge is -2.04. The van der Waals surface area contributed by atoms with Crippen LogP contribution in [-0.2, 0) is 0 Å². The molecule has 0 aliphatic heterocycles. The van der Waals surface area contributed by atoms with Crippen LogP contribution in [0.5, 0.6) is 0 Å². The molecule has 0 aliphatic carbocycles. The molecule has 5 rings (SSSR count). The first kappa shape index (κ1) is 14.8. The van der Waals surface area contributed by atoms with Gasteiger partial charge in [-0.2, -0.15) is 10.1 Å². The molecule has 0 unspecified atom stereocenters. The van der Waals surface area contributed by atoms with Crippen LogP contribution in [0.4, 0.5) is 11.6 Å². The fourth-order valence-corrected chi connectivity index (χ4v) is 2.91. The Bertz CT molecular complexity index is 1230. The van der Waals surface area contributed by atoms with Gasteiger partial charge in [0.05, 0.1) is 11.9 Å². The number of aromatic nitrogens is 7. The SMILES string of the molecule is Clc1cnc2ccc(-c3c[nH]c4nc(Nc5ccncc5)ncc34)nn12. The summed E-state index contributed by atoms with van der Waals surface area (Å²) in [6.45, 7) is 0. The molecule has 0 spiro atoms. The second-order valence-electron chi connectivity index (χ2n) is 5.59. The highest BCUT2D eigenvalue weighted by Gasteiger charge is 2.12. The van der Waals surface area contributed by atoms with Crippen LogP contribution in [-0.4, -0.2) is 34.5 Å². The fraction of sp³-hybridized carbons (Fsp3) is 0. The standard InChI is InChI=1S/C17H11ClN8/c18-14-9-20-15-2-1-13(25-26(14)15)11-7-21-16-12(11)8-22-17(24-16)23-10-3-5-19-6-4-10/h1-9H,(H2,19,21,22,23,24). The molecule has 0 saturated carbocycles. The van der Waals surface area contributed by atoms with Crippen LogP contribution in [0.2, 0.25) is 5.15 Å². The van der Waals surface area contributed by atoms with Gasteiger partial charge in [0.25, 0.3) is 0 Å². The number of rotatable bonds is 3. The monoisotopic (exact) mass is 362 g/mol. The molecule has 0 atom stereocenters. The third kappa shape index (κ3) is 2.44. The number of imidazole rings is 1. The molecule has 0 saturated heterocycles. The van der Waals surface area contributed by atoms with Crippen molar-refractivity contribution < 1.29 is 0 Å². The van der Waals surface area contributed by atoms with Crippen LogP contribution in [0.25, 0.3) is 27.9 Å². The molecular formula is C17H11ClN8. The number of H-pyrrole nitrogens is 1. The minimum Gasteiger partial charge on any atom is -0.345 e. The molecule has 0 aromatic carbocycles. The lowest BCUT2D eigenvalue weighted by Crippen LogP contribution is -1.97. The molecule has 2 N–H and O–H groups in total. The van der Waals surface area contributed by atoms with Gasteiger partial charge in [-0.15, -0.1) is 0 Å². The zero-order valence-electron chi connectivity index (χ0n) is 13.3. The van der Waals surface area contributed by atoms with Gasteiger partial charge in [-0.1, -0.05) is 11.6 Å². The normalized spacial score (nSPS) is 11.3. The lowest BCUT2D eigenvalue weighted by atomic mass is 10.2. The van der Waals surface area contributed by atoms with Crippen LogP contribution in [0, 0.1) is 0 Å². The van der Waals surface area contributed by atoms with Crippen LogP contribution in [0.1, 0.15) is 0 Å². The molecular weight excluding hydrogens is 352 g/mol. The van der Waals surface area contributed by atoms with E-state index in [1.165, 1.54) is 0 Å². The summed E-state index contributed by atoms with van der Waals surface area (Å²) in [6, 6.07) is 7.46. The maximum absolute atomic E-state index is 6.11. The highest BCUT2D eigenvalue weighted by atomic mass is 35.5. The highest BCUT2D eigenvalue weighted by Crippen LogP contribution is 2.27. The summed E-state index contributed by atoms with van der Waals surface area (Å²) < 4.78 is 1.59. The first-order chi connectivity index (χ1) is 12.8. The van der Waals surface area contributed by atoms with E-state index in [4.69, 9.17) is 11.6 Å². The molecule has 0 bridgehead atoms. The second-order valence-corrected chi connectivity index (χ2v) is 5.98. The summed E-state index contributed by atoms with van der Waals surface area (Å²) in [7, 11) is 0. The van der Waals surface area contributed by atoms with Gasteiger partial charge in [0.2, 0.25) is 5.95 Å². The maximum Gasteiger partial charge on any atom is 0.229 e. The van der Waals surface area contributed by atoms with Crippen molar-refractivity contribution in [3.8, 4) is 11.3 Å². The van der Waals surface area contributed by atoms with Gasteiger partial charge in [-0.25, -0.2) is 14.5 Å². The van der Waals surface area contributed by atoms with Crippen molar-refractivity contribution in [2.45, 2.75) is 0 Å². The third-order valence-electron chi connectivity index (χ3n) is 3.97. The van der Waals surface area contributed by atoms with E-state index in [1.54, 1.807) is 29.3 Å². The second kappa shape index (κ2) is 5.78. The van der Waals surface area contributed by atoms with Crippen molar-refractivity contribution >= 4 is 39.9 Å². The predicted octanol–water partition coefficient (Wildman–Crippen LogP) is 3.46. The van der Waals surface area contributed by atoms with Crippen LogP contribution in [0.15, 0.2) is 55.2 Å². The molecule has 0 fully saturated rings. The van der Waals surface area contributed by atoms with Crippen molar-refractivity contribution in [3.05, 3.63) is 60.4 Å². The zero-order valence-corrected chi connectivity index (χ0v) is 14.0. The summed E-state index contributed by atoms with van der Waals surface area (Å²) in [6.07, 6.45) is 8.60. The molecule has 8 nitrogen and oxygen atoms in total. The number of fused-ring (bicyclic) bond motifs is 2. The Labute approximate surface area is 151 Å². The van der Waals surface area contributed by atoms with Crippen LogP contribution < -0.4 is 5.32 Å². The highest BCUT2D eigenvalue weighted by molar-refractivity contribution is 6.29. The van der Waals surface area contributed by atoms with E-state index in [2.05, 4.69) is 35.3 Å². The smallest absolute Gasteiger partial charge is 0.229 e. The molecule has 0 radical (unpaired) electrons. The summed E-state index contributed by atoms with van der Waals surface area (Å²) in [5.41, 5.74) is 3.92. The van der Waals surface area contributed by atoms with Crippen LogP contribution >= 0.6 is 11.6 Å². The molecule has 126 valence electrons. The first-order valence-electron chi connectivity index (χ1n) is 7.80. The van der Waals surface area contributed by atoms with Crippen molar-refractivity contribution in [2.75, 3.05) is 5.32 Å². The molecule has 0 aliphatic rings. The number of hydrogen-bond acceptors (Lipinski definition) is 6. The van der Waals surface area contributed by atoms with E-state index in [-0.39, 0.29) is 0 Å². The largest absolute Gasteiger partial charge is 0.345 e. The number of pyridine rings is 1. The van der Waals surface area contributed by atoms with Crippen LogP contribution in [0.3, 0.4) is 0 Å². The van der Waals surface area contributed by atoms with E-state index in [9.17, 15) is 0 Å². The summed E-state index contributed by atoms with van der Waals surface area (Å²) in [4.78, 5) is 20.2. The molecule has 5 heterocycles. The zero-order chi connectivity index (χ0) is 17.5. The van der Waals surface area contributed by atoms with Crippen molar-refractivity contribution in [3.63, 3.8) is 0 Å². The van der Waals surface area contributed by atoms with Gasteiger partial charge >= 0.3 is 0 Å². The quantitative estimate of drug-likeness (QED) is 0.510. The Hall–Kier alpha value is -3.52. The molecule has 9 heteroatoms. The number of aromatic amines is 1. The summed E-state index contributed by atoms with van der Waals surface area (Å²) in [5.74, 6) is 0.498. The third-order valence-corrected chi connectivity index (χ3v) is 4.22. The fourth-order valence-electron chi connectivity index (χ4n) is 2.73. The van der Waals surface area contributed by atoms with Crippen molar-refractivity contribution in [1.29, 1.82) is 0 Å². The maximum atomic E-state index is 6.11. The number of hydrogen-bond donors (Lipinski definition) is 2. The Morgan fingerprint density at radius 2 is 1.92 bits per heavy atom. The van der Waals surface area contributed by atoms with Gasteiger partial charge in [0, 0.05) is 41.4 Å². The first-order valence-corrected chi connectivity index (χ1v) is 8.17. The summed E-state index contributed by atoms with van der Waals surface area (Å²) >= 11 is 6.11. The summed E-state index contributed by atoms with van der Waals surface area (Å²) in [5, 5.41) is 9.02. The number of anilines is 2. The molecule has 5 aromatic heterocycles. The van der Waals surface area contributed by atoms with Gasteiger partial charge in [0.1, 0.15) is 5.65 Å². The average Bonchev–Trinajstić information content (AvgIpc) is 3.26. The Morgan fingerprint density at radius 3 is 2.81 bits per heavy atom. The van der Waals surface area contributed by atoms with E-state index in [0.29, 0.717) is 22.4 Å². The number of halogens is 1. The minimum absolute atomic E-state index is 0.460. The Morgan fingerprint density at radius 1 is 1.04 bits per heavy atom. The Kier molecular flexibility index (Phi) is 3.29. The lowest BCUT2D eigenvalue weighted by molar-refractivity contribution is 0.944. The molecule has 0 amide bonds. The van der Waals surface area contributed by atoms with E-state index in [0.717, 1.165) is 22.3 Å². The van der Waals surface area contributed by atoms with Gasteiger partial charge in [-0.3, -0.25) is 4.98 Å². The topological polar surface area (TPSA) is 96.7 Å². The van der Waals surface area contributed by atoms with Gasteiger partial charge in [0.15, 0.2) is 10.8 Å². The number of nitrogens with zero attached hydrogens (tertiary/aromatic N) is 6. The molecule has 5 aromatic rings. The number of nitrogens with one attached hydrogen (secondary N) is 2. The van der Waals surface area contributed by atoms with Crippen molar-refractivity contribution in [1.82, 2.24) is 34.5 Å². The van der Waals surface area contributed by atoms with Gasteiger partial charge < -0.3 is 10.3 Å². The predicted molar refractivity (Wildman–Crippen MR) is 98.4 cm³/mol. The minimum atomic E-state index is 0.460. The Balaban J connectivity index is 1.55. The van der Waals surface area contributed by atoms with E-state index in [1.807, 2.05) is 30.5 Å².